The van der Waals surface area contributed by atoms with Gasteiger partial charge in [0.15, 0.2) is 5.58 Å². The Hall–Kier alpha value is -6.42. The largest absolute Gasteiger partial charge is 0.454 e. The molecule has 2 heterocycles. The lowest BCUT2D eigenvalue weighted by molar-refractivity contribution is 0.669. The zero-order valence-corrected chi connectivity index (χ0v) is 27.9. The van der Waals surface area contributed by atoms with Crippen LogP contribution in [0.5, 0.6) is 0 Å². The third-order valence-electron chi connectivity index (χ3n) is 9.36. The van der Waals surface area contributed by atoms with Gasteiger partial charge in [0.1, 0.15) is 5.58 Å². The van der Waals surface area contributed by atoms with Crippen molar-refractivity contribution in [3.8, 4) is 33.4 Å². The van der Waals surface area contributed by atoms with Crippen molar-refractivity contribution < 1.29 is 14.0 Å². The molecule has 0 bridgehead atoms. The van der Waals surface area contributed by atoms with E-state index in [9.17, 15) is 1.37 Å². The van der Waals surface area contributed by atoms with Gasteiger partial charge < -0.3 is 9.32 Å². The normalized spacial score (nSPS) is 13.5. The van der Waals surface area contributed by atoms with Gasteiger partial charge in [-0.25, -0.2) is 0 Å². The average Bonchev–Trinajstić information content (AvgIpc) is 3.87. The molecule has 0 aliphatic rings. The van der Waals surface area contributed by atoms with Crippen molar-refractivity contribution in [1.29, 1.82) is 0 Å². The van der Waals surface area contributed by atoms with Gasteiger partial charge in [-0.3, -0.25) is 0 Å². The summed E-state index contributed by atoms with van der Waals surface area (Å²) in [6.07, 6.45) is 0. The summed E-state index contributed by atoms with van der Waals surface area (Å²) in [4.78, 5) is 2.15. The van der Waals surface area contributed by atoms with E-state index < -0.39 is 6.04 Å². The second kappa shape index (κ2) is 12.2. The van der Waals surface area contributed by atoms with E-state index >= 15 is 0 Å². The maximum Gasteiger partial charge on any atom is 0.160 e. The maximum atomic E-state index is 9.30. The van der Waals surface area contributed by atoms with Crippen LogP contribution < -0.4 is 4.90 Å². The number of nitrogens with zero attached hydrogens (tertiary/aromatic N) is 1. The number of rotatable bonds is 6. The molecule has 51 heavy (non-hydrogen) atoms. The molecule has 0 aliphatic heterocycles. The van der Waals surface area contributed by atoms with Crippen molar-refractivity contribution in [2.75, 3.05) is 4.90 Å². The zero-order chi connectivity index (χ0) is 39.8. The molecule has 0 atom stereocenters. The fourth-order valence-corrected chi connectivity index (χ4v) is 7.90. The highest BCUT2D eigenvalue weighted by molar-refractivity contribution is 7.25. The Labute approximate surface area is 309 Å². The standard InChI is InChI=1S/C48H31NOS/c1-3-11-32(12-4-1)33-19-24-37(25-20-33)49(38-26-21-34(22-27-38)36-23-28-41-40-15-8-10-18-45(40)51-46(41)31-36)43-30-29-39(35-13-5-2-6-14-35)47-42-16-7-9-17-44(42)50-48(43)47/h1-31H/i8D,10D,15D,18D,23D,28D,31D. The predicted octanol–water partition coefficient (Wildman–Crippen LogP) is 14.4. The molecular weight excluding hydrogens is 639 g/mol. The van der Waals surface area contributed by atoms with Gasteiger partial charge in [-0.05, 0) is 81.9 Å². The second-order valence-electron chi connectivity index (χ2n) is 12.4. The number of benzene rings is 8. The van der Waals surface area contributed by atoms with Gasteiger partial charge in [-0.2, -0.15) is 0 Å². The zero-order valence-electron chi connectivity index (χ0n) is 34.1. The first kappa shape index (κ1) is 23.1. The van der Waals surface area contributed by atoms with Crippen molar-refractivity contribution in [1.82, 2.24) is 0 Å². The fraction of sp³-hybridized carbons (Fsp3) is 0. The lowest BCUT2D eigenvalue weighted by Crippen LogP contribution is -2.10. The Bertz CT molecular complexity index is 3240. The third-order valence-corrected chi connectivity index (χ3v) is 10.4. The summed E-state index contributed by atoms with van der Waals surface area (Å²) >= 11 is 1.07. The van der Waals surface area contributed by atoms with Crippen LogP contribution in [0.4, 0.5) is 17.1 Å². The summed E-state index contributed by atoms with van der Waals surface area (Å²) in [5.41, 5.74) is 9.18. The lowest BCUT2D eigenvalue weighted by atomic mass is 9.98. The molecular formula is C48H31NOS. The Morgan fingerprint density at radius 1 is 0.471 bits per heavy atom. The molecule has 8 aromatic carbocycles. The van der Waals surface area contributed by atoms with Crippen LogP contribution in [-0.2, 0) is 0 Å². The highest BCUT2D eigenvalue weighted by Crippen LogP contribution is 2.46. The number of para-hydroxylation sites is 1. The topological polar surface area (TPSA) is 16.4 Å². The minimum Gasteiger partial charge on any atom is -0.454 e. The highest BCUT2D eigenvalue weighted by Gasteiger charge is 2.22. The van der Waals surface area contributed by atoms with E-state index in [0.717, 1.165) is 72.6 Å². The van der Waals surface area contributed by atoms with Crippen LogP contribution in [0, 0.1) is 0 Å². The van der Waals surface area contributed by atoms with Gasteiger partial charge in [0.05, 0.1) is 15.3 Å². The van der Waals surface area contributed by atoms with E-state index in [-0.39, 0.29) is 57.3 Å². The SMILES string of the molecule is [2H]c1c([2H])c([2H])c2c(sc3c([2H])c(-c4ccc(N(c5ccc(-c6ccccc6)cc5)c5ccc(-c6ccccc6)c6c5oc5ccccc56)cc4)c([2H])c([2H])c32)c1[2H]. The molecule has 0 saturated carbocycles. The lowest BCUT2D eigenvalue weighted by Gasteiger charge is -2.26. The molecule has 2 aromatic heterocycles. The van der Waals surface area contributed by atoms with Gasteiger partial charge in [0.25, 0.3) is 0 Å². The Morgan fingerprint density at radius 3 is 1.82 bits per heavy atom. The highest BCUT2D eigenvalue weighted by atomic mass is 32.1. The molecule has 0 unspecified atom stereocenters. The monoisotopic (exact) mass is 676 g/mol. The number of anilines is 3. The first-order chi connectivity index (χ1) is 28.2. The first-order valence-corrected chi connectivity index (χ1v) is 17.5. The van der Waals surface area contributed by atoms with Crippen molar-refractivity contribution in [2.24, 2.45) is 0 Å². The molecule has 0 aliphatic carbocycles. The summed E-state index contributed by atoms with van der Waals surface area (Å²) in [6.45, 7) is 0. The van der Waals surface area contributed by atoms with Crippen LogP contribution in [0.2, 0.25) is 0 Å². The fourth-order valence-electron chi connectivity index (χ4n) is 6.93. The van der Waals surface area contributed by atoms with Crippen LogP contribution in [0.1, 0.15) is 9.60 Å². The summed E-state index contributed by atoms with van der Waals surface area (Å²) in [5, 5.41) is 2.40. The Morgan fingerprint density at radius 2 is 1.08 bits per heavy atom. The second-order valence-corrected chi connectivity index (χ2v) is 13.4. The first-order valence-electron chi connectivity index (χ1n) is 20.2. The molecule has 0 radical (unpaired) electrons. The number of furan rings is 1. The van der Waals surface area contributed by atoms with Gasteiger partial charge in [-0.1, -0.05) is 139 Å². The minimum absolute atomic E-state index is 0.00986. The average molecular weight is 677 g/mol. The molecule has 0 amide bonds. The molecule has 2 nitrogen and oxygen atoms in total. The van der Waals surface area contributed by atoms with Crippen molar-refractivity contribution >= 4 is 70.5 Å². The quantitative estimate of drug-likeness (QED) is 0.174. The third kappa shape index (κ3) is 5.10. The van der Waals surface area contributed by atoms with Gasteiger partial charge in [0, 0.05) is 42.3 Å². The van der Waals surface area contributed by atoms with Crippen LogP contribution in [0.3, 0.4) is 0 Å². The van der Waals surface area contributed by atoms with E-state index in [1.54, 1.807) is 0 Å². The minimum atomic E-state index is -0.400. The van der Waals surface area contributed by atoms with E-state index in [1.807, 2.05) is 78.9 Å². The van der Waals surface area contributed by atoms with Gasteiger partial charge in [-0.15, -0.1) is 11.3 Å². The molecule has 10 rings (SSSR count). The Balaban J connectivity index is 1.16. The van der Waals surface area contributed by atoms with Gasteiger partial charge in [0.2, 0.25) is 0 Å². The van der Waals surface area contributed by atoms with Crippen molar-refractivity contribution in [3.63, 3.8) is 0 Å². The van der Waals surface area contributed by atoms with Crippen LogP contribution in [0.25, 0.3) is 75.5 Å². The molecule has 3 heteroatoms. The number of thiophene rings is 1. The van der Waals surface area contributed by atoms with Crippen molar-refractivity contribution in [3.05, 3.63) is 188 Å². The summed E-state index contributed by atoms with van der Waals surface area (Å²) < 4.78 is 68.3. The maximum absolute atomic E-state index is 9.30. The van der Waals surface area contributed by atoms with E-state index in [1.165, 1.54) is 0 Å². The molecule has 0 fully saturated rings. The van der Waals surface area contributed by atoms with Crippen LogP contribution >= 0.6 is 11.3 Å². The van der Waals surface area contributed by atoms with E-state index in [2.05, 4.69) is 71.6 Å². The van der Waals surface area contributed by atoms with E-state index in [4.69, 9.17) is 12.6 Å². The van der Waals surface area contributed by atoms with Gasteiger partial charge >= 0.3 is 0 Å². The van der Waals surface area contributed by atoms with E-state index in [0.29, 0.717) is 10.3 Å². The molecule has 0 spiro atoms. The molecule has 0 N–H and O–H groups in total. The summed E-state index contributed by atoms with van der Waals surface area (Å²) in [5.74, 6) is 0. The summed E-state index contributed by atoms with van der Waals surface area (Å²) in [6, 6.07) is 47.2. The van der Waals surface area contributed by atoms with Crippen LogP contribution in [-0.4, -0.2) is 0 Å². The number of hydrogen-bond acceptors (Lipinski definition) is 3. The van der Waals surface area contributed by atoms with Crippen LogP contribution in [0.15, 0.2) is 192 Å². The Kier molecular flexibility index (Phi) is 5.50. The molecule has 0 saturated heterocycles. The molecule has 240 valence electrons. The smallest absolute Gasteiger partial charge is 0.160 e. The number of fused-ring (bicyclic) bond motifs is 6. The number of hydrogen-bond donors (Lipinski definition) is 0. The predicted molar refractivity (Wildman–Crippen MR) is 218 cm³/mol. The van der Waals surface area contributed by atoms with Crippen molar-refractivity contribution in [2.45, 2.75) is 0 Å². The molecule has 10 aromatic rings. The summed E-state index contributed by atoms with van der Waals surface area (Å²) in [7, 11) is 0.